The molecule has 0 spiro atoms. The predicted octanol–water partition coefficient (Wildman–Crippen LogP) is 1.06. The number of thioether (sulfide) groups is 1. The molecule has 20 heavy (non-hydrogen) atoms. The molecular formula is C13H23ClN2O3S. The molecule has 2 rings (SSSR count). The molecule has 1 N–H and O–H groups in total. The van der Waals surface area contributed by atoms with Crippen molar-refractivity contribution in [2.45, 2.75) is 37.8 Å². The Labute approximate surface area is 130 Å². The number of rotatable bonds is 3. The highest BCUT2D eigenvalue weighted by atomic mass is 35.5. The predicted molar refractivity (Wildman–Crippen MR) is 82.3 cm³/mol. The second-order valence-corrected chi connectivity index (χ2v) is 6.20. The Morgan fingerprint density at radius 2 is 2.20 bits per heavy atom. The zero-order valence-corrected chi connectivity index (χ0v) is 13.4. The van der Waals surface area contributed by atoms with Gasteiger partial charge in [-0.3, -0.25) is 4.79 Å². The van der Waals surface area contributed by atoms with E-state index in [-0.39, 0.29) is 36.4 Å². The van der Waals surface area contributed by atoms with Gasteiger partial charge >= 0.3 is 5.97 Å². The zero-order valence-electron chi connectivity index (χ0n) is 11.8. The third-order valence-electron chi connectivity index (χ3n) is 3.72. The van der Waals surface area contributed by atoms with Gasteiger partial charge in [0.25, 0.3) is 0 Å². The van der Waals surface area contributed by atoms with Gasteiger partial charge in [-0.05, 0) is 19.3 Å². The fourth-order valence-electron chi connectivity index (χ4n) is 2.69. The summed E-state index contributed by atoms with van der Waals surface area (Å²) in [7, 11) is 1.39. The lowest BCUT2D eigenvalue weighted by Gasteiger charge is -2.35. The van der Waals surface area contributed by atoms with Crippen molar-refractivity contribution in [3.8, 4) is 0 Å². The van der Waals surface area contributed by atoms with Crippen molar-refractivity contribution in [3.63, 3.8) is 0 Å². The number of likely N-dealkylation sites (tertiary alicyclic amines) is 1. The number of piperidine rings is 1. The average molecular weight is 323 g/mol. The molecule has 116 valence electrons. The molecule has 7 heteroatoms. The van der Waals surface area contributed by atoms with Crippen LogP contribution >= 0.6 is 24.2 Å². The van der Waals surface area contributed by atoms with E-state index < -0.39 is 0 Å². The van der Waals surface area contributed by atoms with Crippen LogP contribution in [0.3, 0.4) is 0 Å². The highest BCUT2D eigenvalue weighted by molar-refractivity contribution is 7.99. The third kappa shape index (κ3) is 4.53. The van der Waals surface area contributed by atoms with Crippen LogP contribution in [0.5, 0.6) is 0 Å². The molecule has 0 bridgehead atoms. The topological polar surface area (TPSA) is 58.6 Å². The summed E-state index contributed by atoms with van der Waals surface area (Å²) in [4.78, 5) is 25.8. The van der Waals surface area contributed by atoms with E-state index >= 15 is 0 Å². The number of amides is 1. The Hall–Kier alpha value is -0.460. The van der Waals surface area contributed by atoms with Crippen molar-refractivity contribution in [2.75, 3.05) is 31.7 Å². The van der Waals surface area contributed by atoms with Crippen molar-refractivity contribution >= 4 is 36.0 Å². The Bertz CT molecular complexity index is 338. The minimum absolute atomic E-state index is 0. The number of nitrogens with one attached hydrogen (secondary N) is 1. The van der Waals surface area contributed by atoms with Gasteiger partial charge in [0.15, 0.2) is 0 Å². The number of esters is 1. The molecule has 0 saturated carbocycles. The molecule has 0 aliphatic carbocycles. The lowest BCUT2D eigenvalue weighted by molar-refractivity contribution is -0.154. The Balaban J connectivity index is 0.00000200. The minimum atomic E-state index is -0.373. The molecule has 2 fully saturated rings. The highest BCUT2D eigenvalue weighted by Crippen LogP contribution is 2.20. The Morgan fingerprint density at radius 3 is 2.85 bits per heavy atom. The maximum Gasteiger partial charge on any atom is 0.328 e. The zero-order chi connectivity index (χ0) is 13.7. The van der Waals surface area contributed by atoms with Gasteiger partial charge < -0.3 is 15.0 Å². The van der Waals surface area contributed by atoms with Gasteiger partial charge in [0.2, 0.25) is 5.91 Å². The lowest BCUT2D eigenvalue weighted by atomic mass is 10.0. The lowest BCUT2D eigenvalue weighted by Crippen LogP contribution is -2.50. The first-order valence-corrected chi connectivity index (χ1v) is 8.06. The van der Waals surface area contributed by atoms with Crippen molar-refractivity contribution in [1.29, 1.82) is 0 Å². The third-order valence-corrected chi connectivity index (χ3v) is 4.85. The number of halogens is 1. The first-order chi connectivity index (χ1) is 9.22. The number of nitrogens with zero attached hydrogens (tertiary/aromatic N) is 1. The number of hydrogen-bond acceptors (Lipinski definition) is 5. The molecule has 2 aliphatic heterocycles. The van der Waals surface area contributed by atoms with Gasteiger partial charge in [-0.25, -0.2) is 4.79 Å². The van der Waals surface area contributed by atoms with E-state index in [2.05, 4.69) is 5.32 Å². The molecule has 2 atom stereocenters. The van der Waals surface area contributed by atoms with Crippen LogP contribution < -0.4 is 5.32 Å². The number of ether oxygens (including phenoxy) is 1. The molecule has 0 aromatic carbocycles. The molecule has 1 amide bonds. The van der Waals surface area contributed by atoms with E-state index in [4.69, 9.17) is 4.74 Å². The van der Waals surface area contributed by atoms with Crippen LogP contribution in [0.4, 0.5) is 0 Å². The van der Waals surface area contributed by atoms with Crippen LogP contribution in [0.2, 0.25) is 0 Å². The maximum absolute atomic E-state index is 12.4. The SMILES string of the molecule is COC(=O)C1CCCCN1C(=O)CC1CSCCN1.Cl. The van der Waals surface area contributed by atoms with Crippen molar-refractivity contribution in [3.05, 3.63) is 0 Å². The molecular weight excluding hydrogens is 300 g/mol. The second kappa shape index (κ2) is 8.74. The van der Waals surface area contributed by atoms with Crippen molar-refractivity contribution in [2.24, 2.45) is 0 Å². The summed E-state index contributed by atoms with van der Waals surface area (Å²) in [5.41, 5.74) is 0. The summed E-state index contributed by atoms with van der Waals surface area (Å²) in [5.74, 6) is 1.89. The molecule has 0 aromatic rings. The first kappa shape index (κ1) is 17.6. The van der Waals surface area contributed by atoms with Gasteiger partial charge in [0.1, 0.15) is 6.04 Å². The van der Waals surface area contributed by atoms with E-state index in [9.17, 15) is 9.59 Å². The smallest absolute Gasteiger partial charge is 0.328 e. The molecule has 2 heterocycles. The number of carbonyl (C=O) groups excluding carboxylic acids is 2. The van der Waals surface area contributed by atoms with Crippen LogP contribution in [-0.2, 0) is 14.3 Å². The summed E-state index contributed by atoms with van der Waals surface area (Å²) in [5, 5.41) is 3.36. The van der Waals surface area contributed by atoms with Crippen LogP contribution in [0, 0.1) is 0 Å². The Morgan fingerprint density at radius 1 is 1.40 bits per heavy atom. The van der Waals surface area contributed by atoms with Crippen LogP contribution in [-0.4, -0.2) is 60.6 Å². The van der Waals surface area contributed by atoms with Crippen molar-refractivity contribution in [1.82, 2.24) is 10.2 Å². The van der Waals surface area contributed by atoms with Gasteiger partial charge in [0, 0.05) is 37.1 Å². The standard InChI is InChI=1S/C13H22N2O3S.ClH/c1-18-13(17)11-4-2-3-6-15(11)12(16)8-10-9-19-7-5-14-10;/h10-11,14H,2-9H2,1H3;1H. The molecule has 2 unspecified atom stereocenters. The van der Waals surface area contributed by atoms with E-state index in [1.807, 2.05) is 11.8 Å². The van der Waals surface area contributed by atoms with Crippen LogP contribution in [0.25, 0.3) is 0 Å². The minimum Gasteiger partial charge on any atom is -0.467 e. The molecule has 0 aromatic heterocycles. The Kier molecular flexibility index (Phi) is 7.69. The number of carbonyl (C=O) groups is 2. The largest absolute Gasteiger partial charge is 0.467 e. The normalized spacial score (nSPS) is 26.6. The van der Waals surface area contributed by atoms with Crippen LogP contribution in [0.15, 0.2) is 0 Å². The van der Waals surface area contributed by atoms with E-state index in [1.165, 1.54) is 7.11 Å². The van der Waals surface area contributed by atoms with Gasteiger partial charge in [-0.1, -0.05) is 0 Å². The first-order valence-electron chi connectivity index (χ1n) is 6.91. The summed E-state index contributed by atoms with van der Waals surface area (Å²) in [6, 6.07) is -0.131. The van der Waals surface area contributed by atoms with Crippen molar-refractivity contribution < 1.29 is 14.3 Å². The summed E-state index contributed by atoms with van der Waals surface area (Å²) in [6.07, 6.45) is 3.18. The quantitative estimate of drug-likeness (QED) is 0.787. The van der Waals surface area contributed by atoms with E-state index in [1.54, 1.807) is 4.90 Å². The van der Waals surface area contributed by atoms with E-state index in [0.717, 1.165) is 37.3 Å². The summed E-state index contributed by atoms with van der Waals surface area (Å²) >= 11 is 1.88. The average Bonchev–Trinajstić information content (AvgIpc) is 2.47. The molecule has 2 saturated heterocycles. The summed E-state index contributed by atoms with van der Waals surface area (Å²) in [6.45, 7) is 1.64. The summed E-state index contributed by atoms with van der Waals surface area (Å²) < 4.78 is 4.81. The molecule has 2 aliphatic rings. The second-order valence-electron chi connectivity index (χ2n) is 5.05. The fourth-order valence-corrected chi connectivity index (χ4v) is 3.64. The monoisotopic (exact) mass is 322 g/mol. The van der Waals surface area contributed by atoms with E-state index in [0.29, 0.717) is 13.0 Å². The van der Waals surface area contributed by atoms with Gasteiger partial charge in [-0.15, -0.1) is 12.4 Å². The van der Waals surface area contributed by atoms with Gasteiger partial charge in [-0.2, -0.15) is 11.8 Å². The number of hydrogen-bond donors (Lipinski definition) is 1. The molecule has 5 nitrogen and oxygen atoms in total. The highest BCUT2D eigenvalue weighted by Gasteiger charge is 2.33. The fraction of sp³-hybridized carbons (Fsp3) is 0.846. The maximum atomic E-state index is 12.4. The number of methoxy groups -OCH3 is 1. The molecule has 0 radical (unpaired) electrons. The van der Waals surface area contributed by atoms with Crippen LogP contribution in [0.1, 0.15) is 25.7 Å². The van der Waals surface area contributed by atoms with Gasteiger partial charge in [0.05, 0.1) is 7.11 Å².